The molecule has 134 valence electrons. The van der Waals surface area contributed by atoms with Gasteiger partial charge in [0, 0.05) is 12.0 Å². The molecule has 2 aromatic carbocycles. The molecule has 6 heteroatoms. The van der Waals surface area contributed by atoms with Crippen LogP contribution in [0, 0.1) is 19.7 Å². The standard InChI is InChI=1S/C19H22FNO3S/c1-12-5-7-15-16(11-19(3,4)24-17(15)9-12)21-25(22,23)18-8-6-14(20)10-13(18)2/h5-10,16,21H,11H2,1-4H3/t16-/m1/s1. The quantitative estimate of drug-likeness (QED) is 0.896. The van der Waals surface area contributed by atoms with E-state index in [-0.39, 0.29) is 4.90 Å². The highest BCUT2D eigenvalue weighted by Crippen LogP contribution is 2.40. The van der Waals surface area contributed by atoms with Gasteiger partial charge in [-0.3, -0.25) is 0 Å². The molecule has 0 radical (unpaired) electrons. The van der Waals surface area contributed by atoms with Gasteiger partial charge in [-0.25, -0.2) is 17.5 Å². The van der Waals surface area contributed by atoms with Gasteiger partial charge in [0.1, 0.15) is 17.2 Å². The van der Waals surface area contributed by atoms with Crippen LogP contribution in [-0.4, -0.2) is 14.0 Å². The van der Waals surface area contributed by atoms with Crippen LogP contribution in [0.25, 0.3) is 0 Å². The molecular weight excluding hydrogens is 341 g/mol. The number of hydrogen-bond donors (Lipinski definition) is 1. The first-order valence-electron chi connectivity index (χ1n) is 8.15. The van der Waals surface area contributed by atoms with E-state index in [2.05, 4.69) is 4.72 Å². The Bertz CT molecular complexity index is 922. The third-order valence-electron chi connectivity index (χ3n) is 4.35. The molecule has 25 heavy (non-hydrogen) atoms. The van der Waals surface area contributed by atoms with Crippen molar-refractivity contribution >= 4 is 10.0 Å². The summed E-state index contributed by atoms with van der Waals surface area (Å²) in [6.45, 7) is 7.42. The minimum Gasteiger partial charge on any atom is -0.487 e. The molecule has 4 nitrogen and oxygen atoms in total. The van der Waals surface area contributed by atoms with E-state index in [1.807, 2.05) is 39.0 Å². The number of sulfonamides is 1. The predicted molar refractivity (Wildman–Crippen MR) is 94.7 cm³/mol. The van der Waals surface area contributed by atoms with Gasteiger partial charge >= 0.3 is 0 Å². The summed E-state index contributed by atoms with van der Waals surface area (Å²) in [5, 5.41) is 0. The average molecular weight is 363 g/mol. The normalized spacial score (nSPS) is 19.2. The van der Waals surface area contributed by atoms with Crippen LogP contribution in [0.1, 0.15) is 43.0 Å². The van der Waals surface area contributed by atoms with E-state index in [9.17, 15) is 12.8 Å². The fourth-order valence-electron chi connectivity index (χ4n) is 3.23. The first kappa shape index (κ1) is 17.9. The molecule has 1 aliphatic rings. The molecule has 3 rings (SSSR count). The van der Waals surface area contributed by atoms with Crippen LogP contribution >= 0.6 is 0 Å². The van der Waals surface area contributed by atoms with E-state index in [4.69, 9.17) is 4.74 Å². The molecule has 1 atom stereocenters. The SMILES string of the molecule is Cc1ccc2c(c1)OC(C)(C)C[C@H]2NS(=O)(=O)c1ccc(F)cc1C. The number of hydrogen-bond acceptors (Lipinski definition) is 3. The largest absolute Gasteiger partial charge is 0.487 e. The maximum absolute atomic E-state index is 13.3. The molecule has 0 aliphatic carbocycles. The summed E-state index contributed by atoms with van der Waals surface area (Å²) in [4.78, 5) is 0.0897. The number of aryl methyl sites for hydroxylation is 2. The van der Waals surface area contributed by atoms with Crippen LogP contribution in [0.4, 0.5) is 4.39 Å². The lowest BCUT2D eigenvalue weighted by Crippen LogP contribution is -2.41. The first-order valence-corrected chi connectivity index (χ1v) is 9.64. The smallest absolute Gasteiger partial charge is 0.241 e. The molecule has 0 aromatic heterocycles. The Hall–Kier alpha value is -1.92. The number of nitrogens with one attached hydrogen (secondary N) is 1. The van der Waals surface area contributed by atoms with Crippen molar-refractivity contribution in [3.63, 3.8) is 0 Å². The van der Waals surface area contributed by atoms with Crippen molar-refractivity contribution in [1.29, 1.82) is 0 Å². The van der Waals surface area contributed by atoms with Crippen LogP contribution in [0.15, 0.2) is 41.3 Å². The molecule has 0 fully saturated rings. The predicted octanol–water partition coefficient (Wildman–Crippen LogP) is 4.02. The zero-order valence-electron chi connectivity index (χ0n) is 14.8. The van der Waals surface area contributed by atoms with Gasteiger partial charge in [-0.15, -0.1) is 0 Å². The van der Waals surface area contributed by atoms with Crippen molar-refractivity contribution in [3.05, 3.63) is 58.9 Å². The highest BCUT2D eigenvalue weighted by atomic mass is 32.2. The molecule has 1 aliphatic heterocycles. The Morgan fingerprint density at radius 2 is 1.88 bits per heavy atom. The van der Waals surface area contributed by atoms with Crippen LogP contribution < -0.4 is 9.46 Å². The van der Waals surface area contributed by atoms with Crippen molar-refractivity contribution in [1.82, 2.24) is 4.72 Å². The average Bonchev–Trinajstić information content (AvgIpc) is 2.44. The monoisotopic (exact) mass is 363 g/mol. The van der Waals surface area contributed by atoms with Crippen LogP contribution in [0.5, 0.6) is 5.75 Å². The van der Waals surface area contributed by atoms with Crippen LogP contribution in [0.2, 0.25) is 0 Å². The Morgan fingerprint density at radius 3 is 2.56 bits per heavy atom. The Kier molecular flexibility index (Phi) is 4.37. The lowest BCUT2D eigenvalue weighted by molar-refractivity contribution is 0.0701. The minimum absolute atomic E-state index is 0.0897. The van der Waals surface area contributed by atoms with Crippen molar-refractivity contribution in [2.75, 3.05) is 0 Å². The highest BCUT2D eigenvalue weighted by molar-refractivity contribution is 7.89. The number of benzene rings is 2. The Labute approximate surface area is 148 Å². The van der Waals surface area contributed by atoms with Crippen molar-refractivity contribution in [2.24, 2.45) is 0 Å². The van der Waals surface area contributed by atoms with Gasteiger partial charge in [0.2, 0.25) is 10.0 Å². The van der Waals surface area contributed by atoms with Gasteiger partial charge in [-0.05, 0) is 63.1 Å². The molecule has 1 heterocycles. The zero-order valence-corrected chi connectivity index (χ0v) is 15.6. The molecule has 0 bridgehead atoms. The van der Waals surface area contributed by atoms with Crippen molar-refractivity contribution < 1.29 is 17.5 Å². The maximum atomic E-state index is 13.3. The molecule has 2 aromatic rings. The third kappa shape index (κ3) is 3.70. The fraction of sp³-hybridized carbons (Fsp3) is 0.368. The zero-order chi connectivity index (χ0) is 18.4. The molecule has 0 unspecified atom stereocenters. The van der Waals surface area contributed by atoms with E-state index in [0.717, 1.165) is 17.2 Å². The van der Waals surface area contributed by atoms with E-state index in [1.165, 1.54) is 12.1 Å². The Balaban J connectivity index is 1.99. The number of halogens is 1. The summed E-state index contributed by atoms with van der Waals surface area (Å²) >= 11 is 0. The molecule has 0 spiro atoms. The van der Waals surface area contributed by atoms with Gasteiger partial charge < -0.3 is 4.74 Å². The van der Waals surface area contributed by atoms with E-state index >= 15 is 0 Å². The first-order chi connectivity index (χ1) is 11.6. The molecule has 0 amide bonds. The van der Waals surface area contributed by atoms with Gasteiger partial charge in [0.25, 0.3) is 0 Å². The molecule has 0 saturated carbocycles. The molecule has 0 saturated heterocycles. The summed E-state index contributed by atoms with van der Waals surface area (Å²) in [6, 6.07) is 9.02. The summed E-state index contributed by atoms with van der Waals surface area (Å²) in [6.07, 6.45) is 0.503. The van der Waals surface area contributed by atoms with E-state index in [1.54, 1.807) is 6.92 Å². The second kappa shape index (κ2) is 6.11. The number of fused-ring (bicyclic) bond motifs is 1. The summed E-state index contributed by atoms with van der Waals surface area (Å²) < 4.78 is 47.8. The summed E-state index contributed by atoms with van der Waals surface area (Å²) in [5.74, 6) is 0.240. The second-order valence-electron chi connectivity index (χ2n) is 7.19. The van der Waals surface area contributed by atoms with E-state index in [0.29, 0.717) is 17.7 Å². The fourth-order valence-corrected chi connectivity index (χ4v) is 4.67. The van der Waals surface area contributed by atoms with Gasteiger partial charge in [-0.2, -0.15) is 0 Å². The molecule has 1 N–H and O–H groups in total. The molecular formula is C19H22FNO3S. The lowest BCUT2D eigenvalue weighted by Gasteiger charge is -2.38. The van der Waals surface area contributed by atoms with Gasteiger partial charge in [-0.1, -0.05) is 12.1 Å². The minimum atomic E-state index is -3.78. The topological polar surface area (TPSA) is 55.4 Å². The second-order valence-corrected chi connectivity index (χ2v) is 8.87. The van der Waals surface area contributed by atoms with Crippen molar-refractivity contribution in [2.45, 2.75) is 50.7 Å². The number of rotatable bonds is 3. The summed E-state index contributed by atoms with van der Waals surface area (Å²) in [7, 11) is -3.78. The number of ether oxygens (including phenoxy) is 1. The highest BCUT2D eigenvalue weighted by Gasteiger charge is 2.36. The Morgan fingerprint density at radius 1 is 1.16 bits per heavy atom. The summed E-state index contributed by atoms with van der Waals surface area (Å²) in [5.41, 5.74) is 1.75. The van der Waals surface area contributed by atoms with Crippen LogP contribution in [0.3, 0.4) is 0 Å². The lowest BCUT2D eigenvalue weighted by atomic mass is 9.90. The van der Waals surface area contributed by atoms with E-state index < -0.39 is 27.5 Å². The van der Waals surface area contributed by atoms with Gasteiger partial charge in [0.05, 0.1) is 10.9 Å². The van der Waals surface area contributed by atoms with Crippen molar-refractivity contribution in [3.8, 4) is 5.75 Å². The van der Waals surface area contributed by atoms with Crippen LogP contribution in [-0.2, 0) is 10.0 Å². The van der Waals surface area contributed by atoms with Gasteiger partial charge in [0.15, 0.2) is 0 Å². The third-order valence-corrected chi connectivity index (χ3v) is 5.98. The maximum Gasteiger partial charge on any atom is 0.241 e.